The van der Waals surface area contributed by atoms with Crippen LogP contribution in [0.4, 0.5) is 10.1 Å². The van der Waals surface area contributed by atoms with Crippen molar-refractivity contribution in [3.8, 4) is 0 Å². The molecule has 0 aliphatic heterocycles. The van der Waals surface area contributed by atoms with Crippen molar-refractivity contribution in [1.82, 2.24) is 10.2 Å². The number of nitrogens with zero attached hydrogens (tertiary/aromatic N) is 2. The van der Waals surface area contributed by atoms with Crippen LogP contribution in [0.3, 0.4) is 0 Å². The molecule has 1 atom stereocenters. The van der Waals surface area contributed by atoms with Crippen LogP contribution in [0, 0.1) is 12.7 Å². The first-order valence-corrected chi connectivity index (χ1v) is 15.1. The van der Waals surface area contributed by atoms with Crippen molar-refractivity contribution >= 4 is 39.1 Å². The van der Waals surface area contributed by atoms with Gasteiger partial charge in [-0.15, -0.1) is 0 Å². The molecule has 10 heteroatoms. The number of unbranched alkanes of at least 4 members (excludes halogenated alkanes) is 1. The average molecular weight is 588 g/mol. The minimum absolute atomic E-state index is 0.0274. The van der Waals surface area contributed by atoms with E-state index in [9.17, 15) is 22.4 Å². The number of amides is 2. The lowest BCUT2D eigenvalue weighted by Crippen LogP contribution is -2.52. The molecule has 0 radical (unpaired) electrons. The fourth-order valence-corrected chi connectivity index (χ4v) is 5.92. The highest BCUT2D eigenvalue weighted by molar-refractivity contribution is 7.92. The first-order valence-electron chi connectivity index (χ1n) is 13.2. The van der Waals surface area contributed by atoms with Gasteiger partial charge in [0.25, 0.3) is 10.0 Å². The van der Waals surface area contributed by atoms with Gasteiger partial charge in [-0.2, -0.15) is 0 Å². The second-order valence-electron chi connectivity index (χ2n) is 9.50. The van der Waals surface area contributed by atoms with Gasteiger partial charge in [-0.1, -0.05) is 79.9 Å². The molecule has 0 aliphatic rings. The molecule has 0 bridgehead atoms. The quantitative estimate of drug-likeness (QED) is 0.260. The molecule has 7 nitrogen and oxygen atoms in total. The highest BCUT2D eigenvalue weighted by atomic mass is 35.5. The topological polar surface area (TPSA) is 86.8 Å². The average Bonchev–Trinajstić information content (AvgIpc) is 2.93. The van der Waals surface area contributed by atoms with Crippen LogP contribution < -0.4 is 9.62 Å². The van der Waals surface area contributed by atoms with Crippen LogP contribution in [0.15, 0.2) is 77.7 Å². The van der Waals surface area contributed by atoms with Crippen molar-refractivity contribution in [3.63, 3.8) is 0 Å². The second kappa shape index (κ2) is 14.3. The molecule has 0 spiro atoms. The summed E-state index contributed by atoms with van der Waals surface area (Å²) in [5.41, 5.74) is 1.81. The third kappa shape index (κ3) is 7.82. The molecule has 40 heavy (non-hydrogen) atoms. The number of hydrogen-bond donors (Lipinski definition) is 1. The maximum atomic E-state index is 14.0. The van der Waals surface area contributed by atoms with Crippen LogP contribution in [0.2, 0.25) is 5.02 Å². The number of carbonyl (C=O) groups is 2. The number of benzene rings is 3. The van der Waals surface area contributed by atoms with Crippen LogP contribution in [-0.2, 0) is 26.2 Å². The summed E-state index contributed by atoms with van der Waals surface area (Å²) in [5.74, 6) is -1.61. The maximum Gasteiger partial charge on any atom is 0.264 e. The number of rotatable bonds is 13. The third-order valence-corrected chi connectivity index (χ3v) is 8.53. The Labute approximate surface area is 241 Å². The summed E-state index contributed by atoms with van der Waals surface area (Å²) in [6.07, 6.45) is 2.02. The molecule has 2 amide bonds. The van der Waals surface area contributed by atoms with Gasteiger partial charge in [-0.3, -0.25) is 13.9 Å². The molecule has 3 aromatic carbocycles. The highest BCUT2D eigenvalue weighted by Gasteiger charge is 2.33. The predicted molar refractivity (Wildman–Crippen MR) is 156 cm³/mol. The van der Waals surface area contributed by atoms with E-state index in [2.05, 4.69) is 5.32 Å². The van der Waals surface area contributed by atoms with Crippen LogP contribution in [0.1, 0.15) is 44.2 Å². The van der Waals surface area contributed by atoms with Gasteiger partial charge in [0.15, 0.2) is 0 Å². The van der Waals surface area contributed by atoms with E-state index in [-0.39, 0.29) is 28.1 Å². The molecule has 214 valence electrons. The van der Waals surface area contributed by atoms with Crippen molar-refractivity contribution in [2.45, 2.75) is 57.5 Å². The summed E-state index contributed by atoms with van der Waals surface area (Å²) in [6.45, 7) is 5.70. The number of aryl methyl sites for hydroxylation is 1. The largest absolute Gasteiger partial charge is 0.354 e. The lowest BCUT2D eigenvalue weighted by molar-refractivity contribution is -0.140. The third-order valence-electron chi connectivity index (χ3n) is 6.45. The number of carbonyl (C=O) groups excluding carboxylic acids is 2. The monoisotopic (exact) mass is 587 g/mol. The van der Waals surface area contributed by atoms with Gasteiger partial charge >= 0.3 is 0 Å². The van der Waals surface area contributed by atoms with Gasteiger partial charge < -0.3 is 10.2 Å². The molecule has 0 saturated heterocycles. The van der Waals surface area contributed by atoms with E-state index in [1.54, 1.807) is 25.1 Å². The molecular formula is C30H35ClFN3O4S. The van der Waals surface area contributed by atoms with Crippen molar-refractivity contribution in [2.75, 3.05) is 17.4 Å². The molecule has 0 aliphatic carbocycles. The SMILES string of the molecule is CCCCNC(=O)[C@@H](CC)N(Cc1cccc(C)c1)C(=O)CN(c1ccc(F)c(Cl)c1)S(=O)(=O)c1ccccc1. The van der Waals surface area contributed by atoms with E-state index in [0.717, 1.165) is 34.3 Å². The zero-order valence-electron chi connectivity index (χ0n) is 22.9. The van der Waals surface area contributed by atoms with Gasteiger partial charge in [0.1, 0.15) is 18.4 Å². The zero-order valence-corrected chi connectivity index (χ0v) is 24.5. The van der Waals surface area contributed by atoms with Gasteiger partial charge in [0, 0.05) is 13.1 Å². The fourth-order valence-electron chi connectivity index (χ4n) is 4.32. The first kappa shape index (κ1) is 31.1. The molecule has 0 aromatic heterocycles. The van der Waals surface area contributed by atoms with E-state index in [1.807, 2.05) is 38.1 Å². The van der Waals surface area contributed by atoms with E-state index in [1.165, 1.54) is 29.2 Å². The summed E-state index contributed by atoms with van der Waals surface area (Å²) < 4.78 is 42.5. The van der Waals surface area contributed by atoms with Crippen LogP contribution in [-0.4, -0.2) is 44.3 Å². The van der Waals surface area contributed by atoms with Crippen molar-refractivity contribution in [3.05, 3.63) is 94.8 Å². The first-order chi connectivity index (χ1) is 19.1. The second-order valence-corrected chi connectivity index (χ2v) is 11.8. The van der Waals surface area contributed by atoms with Gasteiger partial charge in [0.2, 0.25) is 11.8 Å². The molecule has 0 unspecified atom stereocenters. The summed E-state index contributed by atoms with van der Waals surface area (Å²) in [6, 6.07) is 17.9. The molecular weight excluding hydrogens is 553 g/mol. The molecule has 3 aromatic rings. The minimum Gasteiger partial charge on any atom is -0.354 e. The number of sulfonamides is 1. The molecule has 0 saturated carbocycles. The Balaban J connectivity index is 2.05. The predicted octanol–water partition coefficient (Wildman–Crippen LogP) is 5.71. The number of halogens is 2. The number of nitrogens with one attached hydrogen (secondary N) is 1. The molecule has 1 N–H and O–H groups in total. The summed E-state index contributed by atoms with van der Waals surface area (Å²) >= 11 is 6.01. The Morgan fingerprint density at radius 1 is 1.00 bits per heavy atom. The smallest absolute Gasteiger partial charge is 0.264 e. The van der Waals surface area contributed by atoms with Crippen molar-refractivity contribution in [1.29, 1.82) is 0 Å². The normalized spacial score (nSPS) is 12.0. The summed E-state index contributed by atoms with van der Waals surface area (Å²) in [5, 5.41) is 2.62. The van der Waals surface area contributed by atoms with Crippen molar-refractivity contribution in [2.24, 2.45) is 0 Å². The van der Waals surface area contributed by atoms with E-state index in [0.29, 0.717) is 13.0 Å². The van der Waals surface area contributed by atoms with Crippen LogP contribution in [0.25, 0.3) is 0 Å². The highest BCUT2D eigenvalue weighted by Crippen LogP contribution is 2.28. The Kier molecular flexibility index (Phi) is 11.1. The van der Waals surface area contributed by atoms with Gasteiger partial charge in [0.05, 0.1) is 15.6 Å². The van der Waals surface area contributed by atoms with Crippen molar-refractivity contribution < 1.29 is 22.4 Å². The maximum absolute atomic E-state index is 14.0. The van der Waals surface area contributed by atoms with E-state index in [4.69, 9.17) is 11.6 Å². The molecule has 3 rings (SSSR count). The van der Waals surface area contributed by atoms with Gasteiger partial charge in [-0.05, 0) is 55.7 Å². The lowest BCUT2D eigenvalue weighted by atomic mass is 10.1. The van der Waals surface area contributed by atoms with E-state index < -0.39 is 34.3 Å². The van der Waals surface area contributed by atoms with E-state index >= 15 is 0 Å². The minimum atomic E-state index is -4.26. The molecule has 0 fully saturated rings. The fraction of sp³-hybridized carbons (Fsp3) is 0.333. The van der Waals surface area contributed by atoms with Crippen LogP contribution >= 0.6 is 11.6 Å². The number of anilines is 1. The summed E-state index contributed by atoms with van der Waals surface area (Å²) in [4.78, 5) is 28.6. The standard InChI is InChI=1S/C30H35ClFN3O4S/c1-4-6-17-33-30(37)28(5-2)34(20-23-12-10-11-22(3)18-23)29(36)21-35(24-15-16-27(32)26(31)19-24)40(38,39)25-13-8-7-9-14-25/h7-16,18-19,28H,4-6,17,20-21H2,1-3H3,(H,33,37)/t28-/m1/s1. The lowest BCUT2D eigenvalue weighted by Gasteiger charge is -2.33. The number of hydrogen-bond acceptors (Lipinski definition) is 4. The Morgan fingerprint density at radius 3 is 2.35 bits per heavy atom. The van der Waals surface area contributed by atoms with Gasteiger partial charge in [-0.25, -0.2) is 12.8 Å². The zero-order chi connectivity index (χ0) is 29.3. The Bertz CT molecular complexity index is 1420. The Morgan fingerprint density at radius 2 is 1.73 bits per heavy atom. The Hall–Kier alpha value is -3.43. The summed E-state index contributed by atoms with van der Waals surface area (Å²) in [7, 11) is -4.26. The molecule has 0 heterocycles. The van der Waals surface area contributed by atoms with Crippen LogP contribution in [0.5, 0.6) is 0 Å².